The summed E-state index contributed by atoms with van der Waals surface area (Å²) in [7, 11) is 2.91. The van der Waals surface area contributed by atoms with Crippen molar-refractivity contribution < 1.29 is 23.4 Å². The Morgan fingerprint density at radius 1 is 1.09 bits per heavy atom. The van der Waals surface area contributed by atoms with Crippen molar-refractivity contribution >= 4 is 34.8 Å². The van der Waals surface area contributed by atoms with Crippen LogP contribution in [0.25, 0.3) is 22.4 Å². The SMILES string of the molecule is COc1nc(-c2ccc(F)c(-c3c(F)ccc(NC(=O)c4ccnn(C)c4=O)c3Cl)c2Cl)cc2c1C(N1CC(O)C1)CC2. The van der Waals surface area contributed by atoms with Crippen LogP contribution in [0.15, 0.2) is 47.4 Å². The molecule has 13 heteroatoms. The number of aromatic nitrogens is 3. The first-order valence-corrected chi connectivity index (χ1v) is 14.1. The van der Waals surface area contributed by atoms with Gasteiger partial charge in [-0.05, 0) is 54.8 Å². The summed E-state index contributed by atoms with van der Waals surface area (Å²) in [5.41, 5.74) is 1.07. The fraction of sp³-hybridized carbons (Fsp3) is 0.267. The van der Waals surface area contributed by atoms with Gasteiger partial charge in [0.05, 0.1) is 34.6 Å². The lowest BCUT2D eigenvalue weighted by Gasteiger charge is -2.40. The molecule has 3 heterocycles. The van der Waals surface area contributed by atoms with Crippen LogP contribution in [0, 0.1) is 11.6 Å². The summed E-state index contributed by atoms with van der Waals surface area (Å²) < 4.78 is 37.4. The van der Waals surface area contributed by atoms with Crippen LogP contribution in [0.4, 0.5) is 14.5 Å². The third kappa shape index (κ3) is 5.06. The maximum absolute atomic E-state index is 15.4. The highest BCUT2D eigenvalue weighted by molar-refractivity contribution is 6.39. The van der Waals surface area contributed by atoms with Gasteiger partial charge in [-0.3, -0.25) is 14.5 Å². The average molecular weight is 628 g/mol. The third-order valence-corrected chi connectivity index (χ3v) is 8.65. The van der Waals surface area contributed by atoms with Crippen molar-refractivity contribution in [3.8, 4) is 28.3 Å². The number of methoxy groups -OCH3 is 1. The standard InChI is InChI=1S/C30H25Cl2F2N5O4/c1-38-30(42)17(9-10-35-38)28(41)36-20-7-6-19(34)25(27(20)32)24-18(33)5-4-16(26(24)31)21-11-14-3-8-22(39-12-15(40)13-39)23(14)29(37-21)43-2/h4-7,9-11,15,22,40H,3,8,12-13H2,1-2H3,(H,36,41). The average Bonchev–Trinajstić information content (AvgIpc) is 3.39. The topological polar surface area (TPSA) is 110 Å². The number of ether oxygens (including phenoxy) is 1. The van der Waals surface area contributed by atoms with Crippen LogP contribution in [0.5, 0.6) is 5.88 Å². The monoisotopic (exact) mass is 627 g/mol. The van der Waals surface area contributed by atoms with E-state index in [-0.39, 0.29) is 44.6 Å². The lowest BCUT2D eigenvalue weighted by atomic mass is 9.97. The Labute approximate surface area is 254 Å². The lowest BCUT2D eigenvalue weighted by Crippen LogP contribution is -2.51. The van der Waals surface area contributed by atoms with Crippen molar-refractivity contribution in [2.75, 3.05) is 25.5 Å². The van der Waals surface area contributed by atoms with Gasteiger partial charge in [0.2, 0.25) is 5.88 Å². The molecular formula is C30H25Cl2F2N5O4. The summed E-state index contributed by atoms with van der Waals surface area (Å²) in [6.45, 7) is 1.15. The maximum Gasteiger partial charge on any atom is 0.279 e. The zero-order valence-corrected chi connectivity index (χ0v) is 24.5. The molecule has 1 atom stereocenters. The molecular weight excluding hydrogens is 603 g/mol. The number of pyridine rings is 1. The number of nitrogens with zero attached hydrogens (tertiary/aromatic N) is 4. The van der Waals surface area contributed by atoms with Gasteiger partial charge in [-0.2, -0.15) is 5.10 Å². The number of aliphatic hydroxyl groups excluding tert-OH is 1. The predicted octanol–water partition coefficient (Wildman–Crippen LogP) is 5.02. The number of anilines is 1. The van der Waals surface area contributed by atoms with Gasteiger partial charge in [0.1, 0.15) is 17.2 Å². The Morgan fingerprint density at radius 3 is 2.49 bits per heavy atom. The molecule has 6 rings (SSSR count). The van der Waals surface area contributed by atoms with Crippen LogP contribution in [0.1, 0.15) is 33.9 Å². The smallest absolute Gasteiger partial charge is 0.279 e. The molecule has 1 amide bonds. The first-order chi connectivity index (χ1) is 20.6. The zero-order chi connectivity index (χ0) is 30.6. The molecule has 2 aromatic carbocycles. The molecule has 43 heavy (non-hydrogen) atoms. The van der Waals surface area contributed by atoms with Crippen LogP contribution in [0.3, 0.4) is 0 Å². The number of aliphatic hydroxyl groups is 1. The van der Waals surface area contributed by atoms with Gasteiger partial charge in [-0.25, -0.2) is 18.4 Å². The minimum absolute atomic E-state index is 0.0534. The zero-order valence-electron chi connectivity index (χ0n) is 23.0. The van der Waals surface area contributed by atoms with E-state index in [9.17, 15) is 14.7 Å². The fourth-order valence-electron chi connectivity index (χ4n) is 5.71. The molecule has 1 aliphatic carbocycles. The van der Waals surface area contributed by atoms with E-state index in [1.54, 1.807) is 0 Å². The maximum atomic E-state index is 15.4. The summed E-state index contributed by atoms with van der Waals surface area (Å²) in [6.07, 6.45) is 2.51. The van der Waals surface area contributed by atoms with E-state index < -0.39 is 23.1 Å². The second-order valence-corrected chi connectivity index (χ2v) is 11.2. The number of β-amino-alcohol motifs (C(OH)–C–C–N with tert-alkyl or cyclic N) is 1. The molecule has 222 valence electrons. The van der Waals surface area contributed by atoms with Crippen molar-refractivity contribution in [2.24, 2.45) is 7.05 Å². The number of halogens is 4. The van der Waals surface area contributed by atoms with Gasteiger partial charge in [-0.1, -0.05) is 23.2 Å². The van der Waals surface area contributed by atoms with Gasteiger partial charge in [-0.15, -0.1) is 0 Å². The molecule has 4 aromatic rings. The van der Waals surface area contributed by atoms with Crippen LogP contribution < -0.4 is 15.6 Å². The van der Waals surface area contributed by atoms with Crippen molar-refractivity contribution in [2.45, 2.75) is 25.0 Å². The van der Waals surface area contributed by atoms with Crippen molar-refractivity contribution in [1.82, 2.24) is 19.7 Å². The Morgan fingerprint density at radius 2 is 1.79 bits per heavy atom. The minimum atomic E-state index is -0.875. The Kier molecular flexibility index (Phi) is 7.67. The van der Waals surface area contributed by atoms with Crippen molar-refractivity contribution in [3.05, 3.63) is 91.3 Å². The number of aryl methyl sites for hydroxylation is 2. The van der Waals surface area contributed by atoms with Gasteiger partial charge in [0.25, 0.3) is 11.5 Å². The van der Waals surface area contributed by atoms with Gasteiger partial charge >= 0.3 is 0 Å². The quantitative estimate of drug-likeness (QED) is 0.309. The fourth-order valence-corrected chi connectivity index (χ4v) is 6.35. The molecule has 2 N–H and O–H groups in total. The lowest BCUT2D eigenvalue weighted by molar-refractivity contribution is -0.0256. The normalized spacial score (nSPS) is 16.6. The number of rotatable bonds is 6. The summed E-state index contributed by atoms with van der Waals surface area (Å²) in [5, 5.41) is 15.6. The first-order valence-electron chi connectivity index (χ1n) is 13.4. The summed E-state index contributed by atoms with van der Waals surface area (Å²) in [4.78, 5) is 32.1. The van der Waals surface area contributed by atoms with Crippen molar-refractivity contribution in [3.63, 3.8) is 0 Å². The molecule has 2 aliphatic rings. The van der Waals surface area contributed by atoms with Crippen LogP contribution in [0.2, 0.25) is 10.0 Å². The summed E-state index contributed by atoms with van der Waals surface area (Å²) in [5.74, 6) is -2.12. The molecule has 1 saturated heterocycles. The molecule has 2 aromatic heterocycles. The van der Waals surface area contributed by atoms with E-state index in [1.165, 1.54) is 38.6 Å². The third-order valence-electron chi connectivity index (χ3n) is 7.86. The van der Waals surface area contributed by atoms with E-state index in [1.807, 2.05) is 6.07 Å². The number of amides is 1. The van der Waals surface area contributed by atoms with E-state index >= 15 is 8.78 Å². The molecule has 1 aliphatic heterocycles. The highest BCUT2D eigenvalue weighted by Crippen LogP contribution is 2.47. The van der Waals surface area contributed by atoms with E-state index in [0.29, 0.717) is 30.2 Å². The number of benzene rings is 2. The van der Waals surface area contributed by atoms with Gasteiger partial charge in [0.15, 0.2) is 0 Å². The molecule has 9 nitrogen and oxygen atoms in total. The van der Waals surface area contributed by atoms with E-state index in [0.717, 1.165) is 40.8 Å². The molecule has 1 unspecified atom stereocenters. The number of likely N-dealkylation sites (tertiary alicyclic amines) is 1. The van der Waals surface area contributed by atoms with E-state index in [4.69, 9.17) is 27.9 Å². The highest BCUT2D eigenvalue weighted by Gasteiger charge is 2.38. The number of fused-ring (bicyclic) bond motifs is 1. The number of hydrogen-bond donors (Lipinski definition) is 2. The first kappa shape index (κ1) is 29.2. The summed E-state index contributed by atoms with van der Waals surface area (Å²) in [6, 6.07) is 7.99. The molecule has 0 radical (unpaired) electrons. The molecule has 0 saturated carbocycles. The molecule has 0 spiro atoms. The molecule has 1 fully saturated rings. The Hall–Kier alpha value is -3.90. The Balaban J connectivity index is 1.40. The number of carbonyl (C=O) groups excluding carboxylic acids is 1. The number of hydrogen-bond acceptors (Lipinski definition) is 7. The van der Waals surface area contributed by atoms with Gasteiger partial charge in [0, 0.05) is 54.6 Å². The van der Waals surface area contributed by atoms with Crippen LogP contribution >= 0.6 is 23.2 Å². The second-order valence-electron chi connectivity index (χ2n) is 10.4. The van der Waals surface area contributed by atoms with Gasteiger partial charge < -0.3 is 15.2 Å². The predicted molar refractivity (Wildman–Crippen MR) is 158 cm³/mol. The Bertz CT molecular complexity index is 1840. The number of nitrogens with one attached hydrogen (secondary N) is 1. The van der Waals surface area contributed by atoms with Crippen molar-refractivity contribution in [1.29, 1.82) is 0 Å². The highest BCUT2D eigenvalue weighted by atomic mass is 35.5. The largest absolute Gasteiger partial charge is 0.481 e. The number of carbonyl (C=O) groups is 1. The van der Waals surface area contributed by atoms with Crippen LogP contribution in [-0.4, -0.2) is 57.0 Å². The van der Waals surface area contributed by atoms with E-state index in [2.05, 4.69) is 20.3 Å². The second kappa shape index (κ2) is 11.3. The summed E-state index contributed by atoms with van der Waals surface area (Å²) >= 11 is 13.3. The van der Waals surface area contributed by atoms with Crippen LogP contribution in [-0.2, 0) is 13.5 Å². The molecule has 0 bridgehead atoms. The minimum Gasteiger partial charge on any atom is -0.481 e.